The molecule has 0 unspecified atom stereocenters. The molecular weight excluding hydrogens is 316 g/mol. The first-order valence-electron chi connectivity index (χ1n) is 4.34. The molecule has 19 heavy (non-hydrogen) atoms. The molecule has 0 bridgehead atoms. The van der Waals surface area contributed by atoms with E-state index in [0.717, 1.165) is 21.3 Å². The molecule has 108 valence electrons. The maximum atomic E-state index is 9.96. The second kappa shape index (κ2) is 11.4. The maximum absolute atomic E-state index is 9.96. The minimum absolute atomic E-state index is 0.176. The van der Waals surface area contributed by atoms with Crippen LogP contribution in [0.25, 0.3) is 0 Å². The van der Waals surface area contributed by atoms with Crippen molar-refractivity contribution in [2.24, 2.45) is 0 Å². The molecule has 1 aromatic rings. The van der Waals surface area contributed by atoms with Gasteiger partial charge in [0, 0.05) is 11.1 Å². The fourth-order valence-electron chi connectivity index (χ4n) is 0.109. The van der Waals surface area contributed by atoms with E-state index in [2.05, 4.69) is 20.9 Å². The Morgan fingerprint density at radius 3 is 1.37 bits per heavy atom. The third-order valence-electron chi connectivity index (χ3n) is 0.990. The van der Waals surface area contributed by atoms with Crippen LogP contribution in [0.2, 0.25) is 0 Å². The van der Waals surface area contributed by atoms with Gasteiger partial charge in [0.2, 0.25) is 0 Å². The number of carboxylic acid groups (broad SMARTS) is 2. The quantitative estimate of drug-likeness (QED) is 0.633. The topological polar surface area (TPSA) is 118 Å². The first-order chi connectivity index (χ1) is 8.68. The molecule has 10 heteroatoms. The molecule has 0 atom stereocenters. The monoisotopic (exact) mass is 328 g/mol. The van der Waals surface area contributed by atoms with Crippen LogP contribution in [0.4, 0.5) is 0 Å². The van der Waals surface area contributed by atoms with Crippen LogP contribution in [0, 0.1) is 0 Å². The van der Waals surface area contributed by atoms with E-state index in [9.17, 15) is 14.4 Å². The van der Waals surface area contributed by atoms with Crippen LogP contribution in [0.3, 0.4) is 0 Å². The summed E-state index contributed by atoms with van der Waals surface area (Å²) in [6.45, 7) is 9.20. The Morgan fingerprint density at radius 1 is 1.00 bits per heavy atom. The highest BCUT2D eigenvalue weighted by molar-refractivity contribution is 7.90. The van der Waals surface area contributed by atoms with E-state index >= 15 is 0 Å². The normalized spacial score (nSPS) is 7.89. The molecule has 0 saturated heterocycles. The van der Waals surface area contributed by atoms with Gasteiger partial charge in [0.1, 0.15) is 21.3 Å². The summed E-state index contributed by atoms with van der Waals surface area (Å²) in [4.78, 5) is 29.2. The molecule has 7 nitrogen and oxygen atoms in total. The molecular formula is C9H12O7S3. The lowest BCUT2D eigenvalue weighted by Gasteiger charge is -1.79. The summed E-state index contributed by atoms with van der Waals surface area (Å²) < 4.78 is 8.55. The summed E-state index contributed by atoms with van der Waals surface area (Å²) in [5, 5.41) is 15.8. The van der Waals surface area contributed by atoms with E-state index in [-0.39, 0.29) is 11.1 Å². The van der Waals surface area contributed by atoms with Gasteiger partial charge in [-0.15, -0.1) is 0 Å². The van der Waals surface area contributed by atoms with Gasteiger partial charge >= 0.3 is 17.8 Å². The van der Waals surface area contributed by atoms with Gasteiger partial charge in [-0.05, 0) is 13.8 Å². The predicted octanol–water partition coefficient (Wildman–Crippen LogP) is 2.84. The van der Waals surface area contributed by atoms with Crippen LogP contribution in [-0.2, 0) is 9.59 Å². The minimum Gasteiger partial charge on any atom is -0.478 e. The van der Waals surface area contributed by atoms with E-state index in [0.29, 0.717) is 0 Å². The molecule has 0 aliphatic rings. The van der Waals surface area contributed by atoms with Gasteiger partial charge in [0.15, 0.2) is 0 Å². The Balaban J connectivity index is 0. The third kappa shape index (κ3) is 16.4. The van der Waals surface area contributed by atoms with Crippen LogP contribution in [-0.4, -0.2) is 22.2 Å². The van der Waals surface area contributed by atoms with Gasteiger partial charge in [-0.2, -0.15) is 0 Å². The molecule has 1 aromatic heterocycles. The van der Waals surface area contributed by atoms with Crippen molar-refractivity contribution in [1.29, 1.82) is 0 Å². The summed E-state index contributed by atoms with van der Waals surface area (Å²) >= 11 is 0. The zero-order chi connectivity index (χ0) is 15.4. The molecule has 1 heterocycles. The van der Waals surface area contributed by atoms with Crippen LogP contribution >= 0.6 is 30.6 Å². The maximum Gasteiger partial charge on any atom is 0.544 e. The van der Waals surface area contributed by atoms with Gasteiger partial charge in [0.25, 0.3) is 0 Å². The molecule has 0 aromatic carbocycles. The largest absolute Gasteiger partial charge is 0.544 e. The van der Waals surface area contributed by atoms with Gasteiger partial charge < -0.3 is 17.9 Å². The number of hydrogen-bond donors (Lipinski definition) is 2. The highest BCUT2D eigenvalue weighted by Crippen LogP contribution is 2.05. The molecule has 0 aliphatic heterocycles. The van der Waals surface area contributed by atoms with Crippen LogP contribution in [0.1, 0.15) is 13.8 Å². The molecule has 0 amide bonds. The summed E-state index contributed by atoms with van der Waals surface area (Å²) in [6.07, 6.45) is 0. The Labute approximate surface area is 119 Å². The van der Waals surface area contributed by atoms with E-state index in [4.69, 9.17) is 10.2 Å². The Hall–Kier alpha value is -1.65. The summed E-state index contributed by atoms with van der Waals surface area (Å²) in [5.74, 6) is -2.50. The highest BCUT2D eigenvalue weighted by atomic mass is 33.2. The summed E-state index contributed by atoms with van der Waals surface area (Å²) in [7, 11) is 3.28. The Bertz CT molecular complexity index is 443. The van der Waals surface area contributed by atoms with Crippen LogP contribution in [0.15, 0.2) is 36.8 Å². The Kier molecular flexibility index (Phi) is 11.9. The molecule has 0 spiro atoms. The van der Waals surface area contributed by atoms with Crippen molar-refractivity contribution < 1.29 is 27.5 Å². The van der Waals surface area contributed by atoms with Crippen molar-refractivity contribution in [2.75, 3.05) is 0 Å². The zero-order valence-electron chi connectivity index (χ0n) is 10.1. The fourth-order valence-corrected chi connectivity index (χ4v) is 1.68. The lowest BCUT2D eigenvalue weighted by molar-refractivity contribution is -0.133. The van der Waals surface area contributed by atoms with Crippen LogP contribution in [0.5, 0.6) is 0 Å². The van der Waals surface area contributed by atoms with E-state index in [1.165, 1.54) is 23.2 Å². The zero-order valence-corrected chi connectivity index (χ0v) is 12.5. The number of rotatable bonds is 2. The third-order valence-corrected chi connectivity index (χ3v) is 3.25. The van der Waals surface area contributed by atoms with E-state index in [1.54, 1.807) is 0 Å². The van der Waals surface area contributed by atoms with Crippen LogP contribution < -0.4 is 5.82 Å². The molecule has 0 aliphatic carbocycles. The van der Waals surface area contributed by atoms with Gasteiger partial charge in [0.05, 0.1) is 9.34 Å². The minimum atomic E-state index is -0.935. The number of aliphatic carboxylic acids is 2. The molecule has 2 N–H and O–H groups in total. The second-order valence-electron chi connectivity index (χ2n) is 2.79. The summed E-state index contributed by atoms with van der Waals surface area (Å²) in [5.41, 5.74) is 0.352. The first-order valence-corrected chi connectivity index (χ1v) is 7.67. The number of carbonyl (C=O) groups is 2. The molecule has 0 radical (unpaired) electrons. The standard InChI is InChI=1S/2C4H6O2.CO3S3/c2*1-3(2)4(5)6;2-1-3-5-7-6-4-1/h2*1H2,2H3,(H,5,6);. The highest BCUT2D eigenvalue weighted by Gasteiger charge is 1.90. The van der Waals surface area contributed by atoms with Crippen molar-refractivity contribution in [2.45, 2.75) is 13.8 Å². The first kappa shape index (κ1) is 19.7. The van der Waals surface area contributed by atoms with Crippen molar-refractivity contribution in [3.63, 3.8) is 0 Å². The smallest absolute Gasteiger partial charge is 0.478 e. The van der Waals surface area contributed by atoms with Crippen molar-refractivity contribution in [3.05, 3.63) is 34.9 Å². The average Bonchev–Trinajstić information content (AvgIpc) is 2.31. The lowest BCUT2D eigenvalue weighted by atomic mass is 10.4. The molecule has 1 rings (SSSR count). The van der Waals surface area contributed by atoms with Gasteiger partial charge in [-0.3, -0.25) is 0 Å². The summed E-state index contributed by atoms with van der Waals surface area (Å²) in [6, 6.07) is 0. The number of carboxylic acids is 2. The molecule has 0 saturated carbocycles. The average molecular weight is 328 g/mol. The Morgan fingerprint density at radius 2 is 1.26 bits per heavy atom. The van der Waals surface area contributed by atoms with Crippen molar-refractivity contribution >= 4 is 42.6 Å². The number of hydrogen-bond acceptors (Lipinski definition) is 8. The van der Waals surface area contributed by atoms with Crippen molar-refractivity contribution in [3.8, 4) is 0 Å². The van der Waals surface area contributed by atoms with Crippen molar-refractivity contribution in [1.82, 2.24) is 0 Å². The van der Waals surface area contributed by atoms with E-state index < -0.39 is 17.8 Å². The van der Waals surface area contributed by atoms with Gasteiger partial charge in [-0.1, -0.05) is 13.2 Å². The second-order valence-corrected chi connectivity index (χ2v) is 5.98. The fraction of sp³-hybridized carbons (Fsp3) is 0.222. The van der Waals surface area contributed by atoms with E-state index in [1.807, 2.05) is 0 Å². The predicted molar refractivity (Wildman–Crippen MR) is 73.4 cm³/mol. The molecule has 0 fully saturated rings. The SMILES string of the molecule is C=C(C)C(=O)O.C=C(C)C(=O)O.O=c1ossso1. The van der Waals surface area contributed by atoms with Gasteiger partial charge in [-0.25, -0.2) is 14.4 Å². The lowest BCUT2D eigenvalue weighted by Crippen LogP contribution is -1.92.